The third-order valence-electron chi connectivity index (χ3n) is 4.32. The van der Waals surface area contributed by atoms with Crippen molar-refractivity contribution in [3.05, 3.63) is 71.8 Å². The van der Waals surface area contributed by atoms with Crippen LogP contribution in [0.3, 0.4) is 0 Å². The number of esters is 1. The van der Waals surface area contributed by atoms with E-state index in [0.29, 0.717) is 0 Å². The zero-order valence-electron chi connectivity index (χ0n) is 16.9. The van der Waals surface area contributed by atoms with Crippen LogP contribution in [0, 0.1) is 0 Å². The summed E-state index contributed by atoms with van der Waals surface area (Å²) in [5, 5.41) is 14.0. The molecule has 31 heavy (non-hydrogen) atoms. The summed E-state index contributed by atoms with van der Waals surface area (Å²) in [6, 6.07) is 15.3. The van der Waals surface area contributed by atoms with Gasteiger partial charge in [0.1, 0.15) is 18.7 Å². The second-order valence-corrected chi connectivity index (χ2v) is 6.63. The lowest BCUT2D eigenvalue weighted by molar-refractivity contribution is -0.148. The van der Waals surface area contributed by atoms with Crippen LogP contribution in [-0.2, 0) is 36.9 Å². The van der Waals surface area contributed by atoms with E-state index in [2.05, 4.69) is 15.4 Å². The van der Waals surface area contributed by atoms with Crippen molar-refractivity contribution >= 4 is 23.9 Å². The molecule has 0 spiro atoms. The van der Waals surface area contributed by atoms with Crippen molar-refractivity contribution in [2.24, 2.45) is 0 Å². The summed E-state index contributed by atoms with van der Waals surface area (Å²) in [6.45, 7) is 0.00639. The SMILES string of the molecule is COC(=O)C[C@H](NC(=O)[C@H](Cc1ccccc1)NC(=O)OCc1ccccc1)C(=O)O. The quantitative estimate of drug-likeness (QED) is 0.491. The Morgan fingerprint density at radius 2 is 1.45 bits per heavy atom. The largest absolute Gasteiger partial charge is 0.480 e. The first kappa shape index (κ1) is 23.4. The number of hydrogen-bond donors (Lipinski definition) is 3. The van der Waals surface area contributed by atoms with Gasteiger partial charge in [-0.15, -0.1) is 0 Å². The van der Waals surface area contributed by atoms with Crippen LogP contribution < -0.4 is 10.6 Å². The van der Waals surface area contributed by atoms with Crippen LogP contribution >= 0.6 is 0 Å². The minimum absolute atomic E-state index is 0.00639. The van der Waals surface area contributed by atoms with Crippen LogP contribution in [0.25, 0.3) is 0 Å². The fraction of sp³-hybridized carbons (Fsp3) is 0.273. The number of carbonyl (C=O) groups excluding carboxylic acids is 3. The predicted octanol–water partition coefficient (Wildman–Crippen LogP) is 1.66. The Morgan fingerprint density at radius 3 is 2.00 bits per heavy atom. The van der Waals surface area contributed by atoms with Gasteiger partial charge in [0.2, 0.25) is 5.91 Å². The third kappa shape index (κ3) is 8.17. The van der Waals surface area contributed by atoms with Crippen molar-refractivity contribution in [2.45, 2.75) is 31.5 Å². The molecule has 0 saturated heterocycles. The van der Waals surface area contributed by atoms with Gasteiger partial charge in [-0.3, -0.25) is 9.59 Å². The zero-order chi connectivity index (χ0) is 22.6. The van der Waals surface area contributed by atoms with E-state index in [9.17, 15) is 24.3 Å². The van der Waals surface area contributed by atoms with Gasteiger partial charge in [0, 0.05) is 6.42 Å². The van der Waals surface area contributed by atoms with Gasteiger partial charge in [-0.1, -0.05) is 60.7 Å². The number of ether oxygens (including phenoxy) is 2. The second kappa shape index (κ2) is 12.0. The molecule has 0 aliphatic heterocycles. The molecule has 2 rings (SSSR count). The number of carboxylic acids is 1. The summed E-state index contributed by atoms with van der Waals surface area (Å²) in [5.41, 5.74) is 1.51. The molecule has 0 radical (unpaired) electrons. The van der Waals surface area contributed by atoms with E-state index in [1.165, 1.54) is 0 Å². The van der Waals surface area contributed by atoms with Crippen molar-refractivity contribution in [1.29, 1.82) is 0 Å². The fourth-order valence-electron chi connectivity index (χ4n) is 2.69. The van der Waals surface area contributed by atoms with Crippen LogP contribution in [-0.4, -0.2) is 48.2 Å². The van der Waals surface area contributed by atoms with Crippen LogP contribution in [0.5, 0.6) is 0 Å². The van der Waals surface area contributed by atoms with Crippen LogP contribution in [0.2, 0.25) is 0 Å². The van der Waals surface area contributed by atoms with Gasteiger partial charge in [-0.2, -0.15) is 0 Å². The van der Waals surface area contributed by atoms with Gasteiger partial charge in [0.15, 0.2) is 0 Å². The molecule has 0 unspecified atom stereocenters. The molecule has 164 valence electrons. The molecule has 0 aromatic heterocycles. The molecule has 0 aliphatic rings. The predicted molar refractivity (Wildman–Crippen MR) is 110 cm³/mol. The number of amides is 2. The van der Waals surface area contributed by atoms with E-state index in [-0.39, 0.29) is 13.0 Å². The van der Waals surface area contributed by atoms with Gasteiger partial charge < -0.3 is 25.2 Å². The normalized spacial score (nSPS) is 12.2. The number of methoxy groups -OCH3 is 1. The van der Waals surface area contributed by atoms with Crippen molar-refractivity contribution in [3.63, 3.8) is 0 Å². The molecule has 0 saturated carbocycles. The maximum absolute atomic E-state index is 12.7. The van der Waals surface area contributed by atoms with E-state index in [1.807, 2.05) is 6.07 Å². The van der Waals surface area contributed by atoms with E-state index in [0.717, 1.165) is 18.2 Å². The monoisotopic (exact) mass is 428 g/mol. The highest BCUT2D eigenvalue weighted by Crippen LogP contribution is 2.06. The minimum atomic E-state index is -1.50. The minimum Gasteiger partial charge on any atom is -0.480 e. The molecular formula is C22H24N2O7. The lowest BCUT2D eigenvalue weighted by atomic mass is 10.0. The fourth-order valence-corrected chi connectivity index (χ4v) is 2.69. The molecule has 9 nitrogen and oxygen atoms in total. The third-order valence-corrected chi connectivity index (χ3v) is 4.32. The number of carbonyl (C=O) groups is 4. The Bertz CT molecular complexity index is 887. The Morgan fingerprint density at radius 1 is 0.871 bits per heavy atom. The Kier molecular flexibility index (Phi) is 9.03. The highest BCUT2D eigenvalue weighted by molar-refractivity contribution is 5.91. The number of hydrogen-bond acceptors (Lipinski definition) is 6. The summed E-state index contributed by atoms with van der Waals surface area (Å²) >= 11 is 0. The van der Waals surface area contributed by atoms with E-state index in [4.69, 9.17) is 4.74 Å². The molecule has 2 amide bonds. The number of rotatable bonds is 10. The number of aliphatic carboxylic acids is 1. The Hall–Kier alpha value is -3.88. The van der Waals surface area contributed by atoms with Crippen molar-refractivity contribution in [1.82, 2.24) is 10.6 Å². The summed E-state index contributed by atoms with van der Waals surface area (Å²) in [6.07, 6.45) is -1.29. The average Bonchev–Trinajstić information content (AvgIpc) is 2.78. The van der Waals surface area contributed by atoms with E-state index < -0.39 is 42.4 Å². The first-order chi connectivity index (χ1) is 14.9. The van der Waals surface area contributed by atoms with Crippen molar-refractivity contribution in [3.8, 4) is 0 Å². The average molecular weight is 428 g/mol. The first-order valence-corrected chi connectivity index (χ1v) is 9.50. The molecule has 0 bridgehead atoms. The maximum Gasteiger partial charge on any atom is 0.408 e. The number of carboxylic acid groups (broad SMARTS) is 1. The molecule has 0 heterocycles. The summed E-state index contributed by atoms with van der Waals surface area (Å²) in [4.78, 5) is 47.9. The lowest BCUT2D eigenvalue weighted by Gasteiger charge is -2.21. The maximum atomic E-state index is 12.7. The van der Waals surface area contributed by atoms with Crippen LogP contribution in [0.4, 0.5) is 4.79 Å². The van der Waals surface area contributed by atoms with Gasteiger partial charge in [-0.25, -0.2) is 9.59 Å². The number of nitrogens with one attached hydrogen (secondary N) is 2. The van der Waals surface area contributed by atoms with Crippen LogP contribution in [0.1, 0.15) is 17.5 Å². The van der Waals surface area contributed by atoms with Gasteiger partial charge >= 0.3 is 18.0 Å². The highest BCUT2D eigenvalue weighted by Gasteiger charge is 2.29. The standard InChI is InChI=1S/C22H24N2O7/c1-30-19(25)13-18(21(27)28)23-20(26)17(12-15-8-4-2-5-9-15)24-22(29)31-14-16-10-6-3-7-11-16/h2-11,17-18H,12-14H2,1H3,(H,23,26)(H,24,29)(H,27,28)/t17-,18-/m0/s1. The van der Waals surface area contributed by atoms with Crippen molar-refractivity contribution < 1.29 is 33.8 Å². The molecule has 2 aromatic rings. The lowest BCUT2D eigenvalue weighted by Crippen LogP contribution is -2.53. The van der Waals surface area contributed by atoms with E-state index >= 15 is 0 Å². The second-order valence-electron chi connectivity index (χ2n) is 6.63. The molecular weight excluding hydrogens is 404 g/mol. The van der Waals surface area contributed by atoms with Crippen molar-refractivity contribution in [2.75, 3.05) is 7.11 Å². The summed E-state index contributed by atoms with van der Waals surface area (Å²) in [7, 11) is 1.12. The van der Waals surface area contributed by atoms with Gasteiger partial charge in [-0.05, 0) is 11.1 Å². The first-order valence-electron chi connectivity index (χ1n) is 9.50. The molecule has 3 N–H and O–H groups in total. The highest BCUT2D eigenvalue weighted by atomic mass is 16.5. The zero-order valence-corrected chi connectivity index (χ0v) is 16.9. The van der Waals surface area contributed by atoms with E-state index in [1.54, 1.807) is 54.6 Å². The molecule has 2 atom stereocenters. The summed E-state index contributed by atoms with van der Waals surface area (Å²) in [5.74, 6) is -2.96. The number of benzene rings is 2. The smallest absolute Gasteiger partial charge is 0.408 e. The number of alkyl carbamates (subject to hydrolysis) is 1. The Balaban J connectivity index is 2.07. The van der Waals surface area contributed by atoms with Crippen LogP contribution in [0.15, 0.2) is 60.7 Å². The topological polar surface area (TPSA) is 131 Å². The molecule has 0 aliphatic carbocycles. The molecule has 9 heteroatoms. The van der Waals surface area contributed by atoms with Gasteiger partial charge in [0.25, 0.3) is 0 Å². The Labute approximate surface area is 179 Å². The molecule has 2 aromatic carbocycles. The van der Waals surface area contributed by atoms with Gasteiger partial charge in [0.05, 0.1) is 13.5 Å². The molecule has 0 fully saturated rings. The summed E-state index contributed by atoms with van der Waals surface area (Å²) < 4.78 is 9.62.